The van der Waals surface area contributed by atoms with Gasteiger partial charge in [-0.15, -0.1) is 11.6 Å². The van der Waals surface area contributed by atoms with Crippen molar-refractivity contribution in [2.75, 3.05) is 19.0 Å². The van der Waals surface area contributed by atoms with Gasteiger partial charge in [-0.1, -0.05) is 13.3 Å². The van der Waals surface area contributed by atoms with Crippen LogP contribution in [-0.2, 0) is 4.79 Å². The van der Waals surface area contributed by atoms with Crippen LogP contribution >= 0.6 is 11.6 Å². The van der Waals surface area contributed by atoms with Crippen LogP contribution in [0.5, 0.6) is 0 Å². The Labute approximate surface area is 98.0 Å². The first-order valence-corrected chi connectivity index (χ1v) is 6.61. The lowest BCUT2D eigenvalue weighted by Crippen LogP contribution is -2.32. The molecule has 0 bridgehead atoms. The minimum absolute atomic E-state index is 0.352. The van der Waals surface area contributed by atoms with Crippen LogP contribution in [-0.4, -0.2) is 29.8 Å². The quantitative estimate of drug-likeness (QED) is 0.666. The molecular weight excluding hydrogens is 210 g/mol. The van der Waals surface area contributed by atoms with E-state index in [4.69, 9.17) is 11.6 Å². The van der Waals surface area contributed by atoms with Crippen molar-refractivity contribution in [2.24, 2.45) is 5.92 Å². The SMILES string of the molecule is CC(CCCl)CCN1CCCCCC1=O. The highest BCUT2D eigenvalue weighted by Gasteiger charge is 2.16. The number of likely N-dealkylation sites (tertiary alicyclic amines) is 1. The number of hydrogen-bond acceptors (Lipinski definition) is 1. The van der Waals surface area contributed by atoms with Gasteiger partial charge >= 0.3 is 0 Å². The van der Waals surface area contributed by atoms with Crippen molar-refractivity contribution in [3.8, 4) is 0 Å². The van der Waals surface area contributed by atoms with Crippen LogP contribution < -0.4 is 0 Å². The third-order valence-electron chi connectivity index (χ3n) is 3.17. The number of carbonyl (C=O) groups excluding carboxylic acids is 1. The van der Waals surface area contributed by atoms with Crippen LogP contribution in [0.15, 0.2) is 0 Å². The molecule has 0 saturated carbocycles. The van der Waals surface area contributed by atoms with E-state index in [0.29, 0.717) is 11.8 Å². The zero-order valence-corrected chi connectivity index (χ0v) is 10.4. The molecule has 1 heterocycles. The first kappa shape index (κ1) is 12.8. The highest BCUT2D eigenvalue weighted by molar-refractivity contribution is 6.17. The molecule has 3 heteroatoms. The lowest BCUT2D eigenvalue weighted by atomic mass is 10.0. The molecule has 1 atom stereocenters. The molecule has 88 valence electrons. The summed E-state index contributed by atoms with van der Waals surface area (Å²) < 4.78 is 0. The second-order valence-corrected chi connectivity index (χ2v) is 4.94. The van der Waals surface area contributed by atoms with Crippen LogP contribution in [0, 0.1) is 5.92 Å². The molecule has 15 heavy (non-hydrogen) atoms. The molecule has 1 aliphatic rings. The summed E-state index contributed by atoms with van der Waals surface area (Å²) in [5.74, 6) is 1.72. The van der Waals surface area contributed by atoms with Gasteiger partial charge in [0.1, 0.15) is 0 Å². The van der Waals surface area contributed by atoms with Crippen LogP contribution in [0.4, 0.5) is 0 Å². The van der Waals surface area contributed by atoms with Gasteiger partial charge in [0.25, 0.3) is 0 Å². The largest absolute Gasteiger partial charge is 0.343 e. The monoisotopic (exact) mass is 231 g/mol. The number of halogens is 1. The van der Waals surface area contributed by atoms with E-state index in [9.17, 15) is 4.79 Å². The molecule has 1 fully saturated rings. The van der Waals surface area contributed by atoms with Gasteiger partial charge in [0.2, 0.25) is 5.91 Å². The van der Waals surface area contributed by atoms with Gasteiger partial charge in [-0.3, -0.25) is 4.79 Å². The van der Waals surface area contributed by atoms with Crippen molar-refractivity contribution in [3.05, 3.63) is 0 Å². The number of carbonyl (C=O) groups is 1. The van der Waals surface area contributed by atoms with Gasteiger partial charge in [0.15, 0.2) is 0 Å². The van der Waals surface area contributed by atoms with E-state index in [1.807, 2.05) is 4.90 Å². The molecular formula is C12H22ClNO. The molecule has 0 radical (unpaired) electrons. The Morgan fingerprint density at radius 1 is 1.33 bits per heavy atom. The Bertz CT molecular complexity index is 196. The second-order valence-electron chi connectivity index (χ2n) is 4.56. The van der Waals surface area contributed by atoms with Gasteiger partial charge < -0.3 is 4.90 Å². The molecule has 0 aliphatic carbocycles. The standard InChI is InChI=1S/C12H22ClNO/c1-11(6-8-13)7-10-14-9-4-2-3-5-12(14)15/h11H,2-10H2,1H3. The third-order valence-corrected chi connectivity index (χ3v) is 3.38. The third kappa shape index (κ3) is 4.87. The normalized spacial score (nSPS) is 20.1. The second kappa shape index (κ2) is 7.10. The summed E-state index contributed by atoms with van der Waals surface area (Å²) in [6.45, 7) is 4.11. The molecule has 1 saturated heterocycles. The smallest absolute Gasteiger partial charge is 0.222 e. The molecule has 1 rings (SSSR count). The first-order valence-electron chi connectivity index (χ1n) is 6.07. The average molecular weight is 232 g/mol. The zero-order chi connectivity index (χ0) is 11.1. The molecule has 0 aromatic carbocycles. The predicted octanol–water partition coefficient (Wildman–Crippen LogP) is 3.04. The number of alkyl halides is 1. The Kier molecular flexibility index (Phi) is 6.07. The van der Waals surface area contributed by atoms with Crippen molar-refractivity contribution < 1.29 is 4.79 Å². The van der Waals surface area contributed by atoms with Gasteiger partial charge in [0, 0.05) is 25.4 Å². The molecule has 1 unspecified atom stereocenters. The van der Waals surface area contributed by atoms with Gasteiger partial charge in [-0.25, -0.2) is 0 Å². The number of amides is 1. The van der Waals surface area contributed by atoms with E-state index in [1.165, 1.54) is 12.8 Å². The maximum atomic E-state index is 11.7. The summed E-state index contributed by atoms with van der Waals surface area (Å²) in [5, 5.41) is 0. The summed E-state index contributed by atoms with van der Waals surface area (Å²) in [5.41, 5.74) is 0. The fraction of sp³-hybridized carbons (Fsp3) is 0.917. The van der Waals surface area contributed by atoms with Crippen LogP contribution in [0.2, 0.25) is 0 Å². The van der Waals surface area contributed by atoms with Crippen molar-refractivity contribution in [1.82, 2.24) is 4.90 Å². The maximum Gasteiger partial charge on any atom is 0.222 e. The van der Waals surface area contributed by atoms with E-state index >= 15 is 0 Å². The summed E-state index contributed by atoms with van der Waals surface area (Å²) in [4.78, 5) is 13.7. The van der Waals surface area contributed by atoms with Gasteiger partial charge in [-0.2, -0.15) is 0 Å². The van der Waals surface area contributed by atoms with E-state index in [2.05, 4.69) is 6.92 Å². The minimum Gasteiger partial charge on any atom is -0.343 e. The topological polar surface area (TPSA) is 20.3 Å². The fourth-order valence-corrected chi connectivity index (χ4v) is 2.35. The van der Waals surface area contributed by atoms with E-state index in [0.717, 1.165) is 44.7 Å². The van der Waals surface area contributed by atoms with Crippen LogP contribution in [0.3, 0.4) is 0 Å². The maximum absolute atomic E-state index is 11.7. The average Bonchev–Trinajstić information content (AvgIpc) is 2.41. The zero-order valence-electron chi connectivity index (χ0n) is 9.67. The van der Waals surface area contributed by atoms with Crippen molar-refractivity contribution >= 4 is 17.5 Å². The number of rotatable bonds is 5. The van der Waals surface area contributed by atoms with Crippen molar-refractivity contribution in [3.63, 3.8) is 0 Å². The van der Waals surface area contributed by atoms with Crippen molar-refractivity contribution in [2.45, 2.75) is 45.4 Å². The molecule has 0 aromatic rings. The van der Waals surface area contributed by atoms with E-state index < -0.39 is 0 Å². The van der Waals surface area contributed by atoms with Crippen LogP contribution in [0.1, 0.15) is 45.4 Å². The molecule has 2 nitrogen and oxygen atoms in total. The van der Waals surface area contributed by atoms with E-state index in [1.54, 1.807) is 0 Å². The van der Waals surface area contributed by atoms with Crippen LogP contribution in [0.25, 0.3) is 0 Å². The highest BCUT2D eigenvalue weighted by Crippen LogP contribution is 2.14. The lowest BCUT2D eigenvalue weighted by Gasteiger charge is -2.22. The number of nitrogens with zero attached hydrogens (tertiary/aromatic N) is 1. The summed E-state index contributed by atoms with van der Waals surface area (Å²) in [6.07, 6.45) is 6.37. The Morgan fingerprint density at radius 3 is 2.87 bits per heavy atom. The highest BCUT2D eigenvalue weighted by atomic mass is 35.5. The lowest BCUT2D eigenvalue weighted by molar-refractivity contribution is -0.130. The van der Waals surface area contributed by atoms with Gasteiger partial charge in [-0.05, 0) is 31.6 Å². The predicted molar refractivity (Wildman–Crippen MR) is 64.2 cm³/mol. The van der Waals surface area contributed by atoms with E-state index in [-0.39, 0.29) is 0 Å². The minimum atomic E-state index is 0.352. The molecule has 0 spiro atoms. The first-order chi connectivity index (χ1) is 7.24. The van der Waals surface area contributed by atoms with Crippen molar-refractivity contribution in [1.29, 1.82) is 0 Å². The summed E-state index contributed by atoms with van der Waals surface area (Å²) in [6, 6.07) is 0. The summed E-state index contributed by atoms with van der Waals surface area (Å²) >= 11 is 5.69. The Hall–Kier alpha value is -0.240. The molecule has 0 aromatic heterocycles. The molecule has 0 N–H and O–H groups in total. The fourth-order valence-electron chi connectivity index (χ4n) is 1.98. The molecule has 1 aliphatic heterocycles. The summed E-state index contributed by atoms with van der Waals surface area (Å²) in [7, 11) is 0. The van der Waals surface area contributed by atoms with Gasteiger partial charge in [0.05, 0.1) is 0 Å². The Morgan fingerprint density at radius 2 is 2.13 bits per heavy atom. The number of hydrogen-bond donors (Lipinski definition) is 0. The molecule has 1 amide bonds. The Balaban J connectivity index is 2.26.